The highest BCUT2D eigenvalue weighted by molar-refractivity contribution is 8.01. The second kappa shape index (κ2) is 9.57. The fourth-order valence-corrected chi connectivity index (χ4v) is 6.36. The molecule has 5 rings (SSSR count). The van der Waals surface area contributed by atoms with Crippen LogP contribution >= 0.6 is 23.5 Å². The number of thioether (sulfide) groups is 2. The third kappa shape index (κ3) is 4.56. The number of carbonyl (C=O) groups is 3. The molecule has 0 bridgehead atoms. The number of fused-ring (bicyclic) bond motifs is 2. The van der Waals surface area contributed by atoms with Gasteiger partial charge < -0.3 is 25.8 Å². The number of aryl methyl sites for hydroxylation is 1. The fraction of sp³-hybridized carbons (Fsp3) is 0.273. The molecule has 1 fully saturated rings. The van der Waals surface area contributed by atoms with E-state index in [1.54, 1.807) is 13.0 Å². The standard InChI is InChI=1S/C22H20N6O7S2/c1-9-4-15(36-7-11-8-37-19-16(23)18(31)27(19)17(11)20(32)33)28-22(24-9)25-14(26-28)6-35-21(34)10-2-3-12(29)13(30)5-10/h2-5,16,19,29-30H,6-8,23H2,1H3,(H,32,33)/t16-,19-/m1/s1. The number of nitrogens with zero attached hydrogens (tertiary/aromatic N) is 5. The number of β-lactam (4-membered cyclic amide) rings is 1. The lowest BCUT2D eigenvalue weighted by Gasteiger charge is -2.48. The number of phenolic OH excluding ortho intramolecular Hbond substituents is 2. The Balaban J connectivity index is 1.34. The smallest absolute Gasteiger partial charge is 0.352 e. The summed E-state index contributed by atoms with van der Waals surface area (Å²) in [7, 11) is 0. The number of aromatic nitrogens is 4. The zero-order valence-electron chi connectivity index (χ0n) is 19.2. The lowest BCUT2D eigenvalue weighted by atomic mass is 10.0. The number of hydrogen-bond donors (Lipinski definition) is 4. The van der Waals surface area contributed by atoms with Crippen LogP contribution in [0, 0.1) is 6.92 Å². The summed E-state index contributed by atoms with van der Waals surface area (Å²) in [4.78, 5) is 46.3. The number of carbonyl (C=O) groups excluding carboxylic acids is 2. The summed E-state index contributed by atoms with van der Waals surface area (Å²) in [5.74, 6) is -1.97. The maximum Gasteiger partial charge on any atom is 0.352 e. The van der Waals surface area contributed by atoms with E-state index in [0.29, 0.717) is 22.0 Å². The molecule has 0 unspecified atom stereocenters. The number of benzene rings is 1. The first-order valence-electron chi connectivity index (χ1n) is 10.8. The number of nitrogens with two attached hydrogens (primary N) is 1. The Bertz CT molecular complexity index is 1490. The lowest BCUT2D eigenvalue weighted by molar-refractivity contribution is -0.147. The molecule has 1 aromatic carbocycles. The molecule has 13 nitrogen and oxygen atoms in total. The van der Waals surface area contributed by atoms with E-state index in [9.17, 15) is 29.7 Å². The summed E-state index contributed by atoms with van der Waals surface area (Å²) in [5, 5.41) is 33.3. The second-order valence-corrected chi connectivity index (χ2v) is 10.3. The van der Waals surface area contributed by atoms with Gasteiger partial charge in [-0.3, -0.25) is 9.69 Å². The minimum absolute atomic E-state index is 0.0311. The van der Waals surface area contributed by atoms with E-state index < -0.39 is 29.6 Å². The average molecular weight is 545 g/mol. The van der Waals surface area contributed by atoms with Crippen molar-refractivity contribution in [3.63, 3.8) is 0 Å². The van der Waals surface area contributed by atoms with Crippen molar-refractivity contribution in [1.82, 2.24) is 24.5 Å². The van der Waals surface area contributed by atoms with Crippen molar-refractivity contribution in [3.8, 4) is 11.5 Å². The van der Waals surface area contributed by atoms with Crippen molar-refractivity contribution >= 4 is 47.1 Å². The number of carboxylic acids is 1. The van der Waals surface area contributed by atoms with E-state index in [2.05, 4.69) is 15.1 Å². The average Bonchev–Trinajstić information content (AvgIpc) is 3.29. The minimum atomic E-state index is -1.18. The highest BCUT2D eigenvalue weighted by atomic mass is 32.2. The van der Waals surface area contributed by atoms with Crippen molar-refractivity contribution in [3.05, 3.63) is 52.6 Å². The Hall–Kier alpha value is -3.82. The van der Waals surface area contributed by atoms with E-state index >= 15 is 0 Å². The van der Waals surface area contributed by atoms with Crippen LogP contribution in [0.2, 0.25) is 0 Å². The van der Waals surface area contributed by atoms with Crippen LogP contribution in [0.25, 0.3) is 5.78 Å². The number of esters is 1. The minimum Gasteiger partial charge on any atom is -0.504 e. The Morgan fingerprint density at radius 2 is 2.03 bits per heavy atom. The van der Waals surface area contributed by atoms with Crippen molar-refractivity contribution in [2.75, 3.05) is 11.5 Å². The predicted molar refractivity (Wildman–Crippen MR) is 131 cm³/mol. The molecule has 4 heterocycles. The molecular formula is C22H20N6O7S2. The molecule has 2 atom stereocenters. The number of aliphatic carboxylic acids is 1. The molecule has 15 heteroatoms. The van der Waals surface area contributed by atoms with E-state index in [4.69, 9.17) is 10.5 Å². The number of carboxylic acid groups (broad SMARTS) is 1. The van der Waals surface area contributed by atoms with Gasteiger partial charge >= 0.3 is 11.9 Å². The SMILES string of the molecule is Cc1cc(SCC2=C(C(=O)O)N3C(=O)[C@@H](N)[C@H]3SC2)n2nc(COC(=O)c3ccc(O)c(O)c3)nc2n1. The highest BCUT2D eigenvalue weighted by Crippen LogP contribution is 2.40. The van der Waals surface area contributed by atoms with Gasteiger partial charge in [0.05, 0.1) is 5.56 Å². The molecule has 1 saturated heterocycles. The third-order valence-electron chi connectivity index (χ3n) is 5.68. The first-order valence-corrected chi connectivity index (χ1v) is 12.9. The molecular weight excluding hydrogens is 524 g/mol. The van der Waals surface area contributed by atoms with Crippen molar-refractivity contribution in [1.29, 1.82) is 0 Å². The quantitative estimate of drug-likeness (QED) is 0.108. The maximum atomic E-state index is 12.3. The summed E-state index contributed by atoms with van der Waals surface area (Å²) < 4.78 is 6.69. The summed E-state index contributed by atoms with van der Waals surface area (Å²) in [6, 6.07) is 4.64. The van der Waals surface area contributed by atoms with Crippen LogP contribution in [-0.4, -0.2) is 80.6 Å². The van der Waals surface area contributed by atoms with Crippen LogP contribution in [0.1, 0.15) is 21.9 Å². The summed E-state index contributed by atoms with van der Waals surface area (Å²) in [5.41, 5.74) is 7.06. The molecule has 2 aliphatic rings. The van der Waals surface area contributed by atoms with Gasteiger partial charge in [-0.25, -0.2) is 14.6 Å². The maximum absolute atomic E-state index is 12.3. The van der Waals surface area contributed by atoms with Gasteiger partial charge in [-0.05, 0) is 36.8 Å². The number of aromatic hydroxyl groups is 2. The third-order valence-corrected chi connectivity index (χ3v) is 8.12. The van der Waals surface area contributed by atoms with Gasteiger partial charge in [0.25, 0.3) is 5.78 Å². The monoisotopic (exact) mass is 544 g/mol. The van der Waals surface area contributed by atoms with Crippen LogP contribution in [0.15, 0.2) is 40.6 Å². The van der Waals surface area contributed by atoms with Gasteiger partial charge in [0, 0.05) is 17.2 Å². The summed E-state index contributed by atoms with van der Waals surface area (Å²) in [6.45, 7) is 1.51. The summed E-state index contributed by atoms with van der Waals surface area (Å²) in [6.07, 6.45) is 0. The Labute approximate surface area is 217 Å². The van der Waals surface area contributed by atoms with E-state index in [1.165, 1.54) is 45.1 Å². The summed E-state index contributed by atoms with van der Waals surface area (Å²) >= 11 is 2.75. The Morgan fingerprint density at radius 3 is 2.76 bits per heavy atom. The number of phenols is 2. The van der Waals surface area contributed by atoms with Gasteiger partial charge in [0.2, 0.25) is 5.91 Å². The molecule has 192 valence electrons. The lowest BCUT2D eigenvalue weighted by Crippen LogP contribution is -2.68. The number of amides is 1. The van der Waals surface area contributed by atoms with Gasteiger partial charge in [-0.2, -0.15) is 9.50 Å². The van der Waals surface area contributed by atoms with Crippen LogP contribution in [0.4, 0.5) is 0 Å². The van der Waals surface area contributed by atoms with E-state index in [1.807, 2.05) is 0 Å². The van der Waals surface area contributed by atoms with Crippen LogP contribution < -0.4 is 5.73 Å². The number of rotatable bonds is 7. The molecule has 5 N–H and O–H groups in total. The molecule has 0 spiro atoms. The van der Waals surface area contributed by atoms with Gasteiger partial charge in [0.1, 0.15) is 22.1 Å². The van der Waals surface area contributed by atoms with Crippen molar-refractivity contribution in [2.45, 2.75) is 30.0 Å². The van der Waals surface area contributed by atoms with Crippen molar-refractivity contribution in [2.24, 2.45) is 5.73 Å². The van der Waals surface area contributed by atoms with Crippen molar-refractivity contribution < 1.29 is 34.4 Å². The molecule has 3 aromatic rings. The molecule has 1 amide bonds. The number of hydrogen-bond acceptors (Lipinski definition) is 12. The largest absolute Gasteiger partial charge is 0.504 e. The molecule has 37 heavy (non-hydrogen) atoms. The van der Waals surface area contributed by atoms with E-state index in [0.717, 1.165) is 6.07 Å². The normalized spacial score (nSPS) is 19.1. The molecule has 0 aliphatic carbocycles. The second-order valence-electron chi connectivity index (χ2n) is 8.24. The van der Waals surface area contributed by atoms with Gasteiger partial charge in [-0.15, -0.1) is 28.6 Å². The van der Waals surface area contributed by atoms with Crippen LogP contribution in [0.5, 0.6) is 11.5 Å². The number of ether oxygens (including phenoxy) is 1. The molecule has 2 aromatic heterocycles. The van der Waals surface area contributed by atoms with Gasteiger partial charge in [0.15, 0.2) is 23.9 Å². The highest BCUT2D eigenvalue weighted by Gasteiger charge is 2.51. The molecule has 0 radical (unpaired) electrons. The fourth-order valence-electron chi connectivity index (χ4n) is 3.88. The predicted octanol–water partition coefficient (Wildman–Crippen LogP) is 0.874. The Kier molecular flexibility index (Phi) is 6.43. The first kappa shape index (κ1) is 24.9. The zero-order chi connectivity index (χ0) is 26.4. The van der Waals surface area contributed by atoms with Gasteiger partial charge in [-0.1, -0.05) is 0 Å². The van der Waals surface area contributed by atoms with Crippen LogP contribution in [0.3, 0.4) is 0 Å². The Morgan fingerprint density at radius 1 is 1.24 bits per heavy atom. The first-order chi connectivity index (χ1) is 17.6. The molecule has 2 aliphatic heterocycles. The zero-order valence-corrected chi connectivity index (χ0v) is 20.8. The van der Waals surface area contributed by atoms with Crippen LogP contribution in [-0.2, 0) is 20.9 Å². The van der Waals surface area contributed by atoms with E-state index in [-0.39, 0.29) is 46.3 Å². The molecule has 0 saturated carbocycles. The topological polar surface area (TPSA) is 193 Å².